The number of carbonyl (C=O) groups is 2. The molecule has 0 bridgehead atoms. The number of aryl methyl sites for hydroxylation is 1. The molecule has 0 radical (unpaired) electrons. The number of hydrogen-bond acceptors (Lipinski definition) is 6. The molecule has 0 aliphatic rings. The normalized spacial score (nSPS) is 11.6. The van der Waals surface area contributed by atoms with Crippen molar-refractivity contribution in [2.45, 2.75) is 18.9 Å². The van der Waals surface area contributed by atoms with Crippen LogP contribution in [0, 0.1) is 4.91 Å². The summed E-state index contributed by atoms with van der Waals surface area (Å²) < 4.78 is 5.18. The predicted molar refractivity (Wildman–Crippen MR) is 95.4 cm³/mol. The number of amides is 2. The fourth-order valence-electron chi connectivity index (χ4n) is 2.18. The number of aromatic nitrogens is 2. The van der Waals surface area contributed by atoms with E-state index in [0.29, 0.717) is 22.8 Å². The fourth-order valence-corrected chi connectivity index (χ4v) is 2.30. The van der Waals surface area contributed by atoms with Crippen molar-refractivity contribution in [3.63, 3.8) is 0 Å². The van der Waals surface area contributed by atoms with Crippen molar-refractivity contribution in [2.75, 3.05) is 13.7 Å². The maximum Gasteiger partial charge on any atom is 0.314 e. The van der Waals surface area contributed by atoms with E-state index in [1.54, 1.807) is 18.2 Å². The van der Waals surface area contributed by atoms with Crippen molar-refractivity contribution in [3.05, 3.63) is 52.3 Å². The number of nitrogens with zero attached hydrogens (tertiary/aromatic N) is 3. The molecule has 2 amide bonds. The molecule has 8 nitrogen and oxygen atoms in total. The minimum absolute atomic E-state index is 0.165. The average Bonchev–Trinajstić information content (AvgIpc) is 2.68. The van der Waals surface area contributed by atoms with Crippen molar-refractivity contribution >= 4 is 23.4 Å². The summed E-state index contributed by atoms with van der Waals surface area (Å²) in [4.78, 5) is 41.7. The van der Waals surface area contributed by atoms with E-state index in [4.69, 9.17) is 16.3 Å². The second-order valence-electron chi connectivity index (χ2n) is 5.34. The van der Waals surface area contributed by atoms with Crippen molar-refractivity contribution < 1.29 is 14.3 Å². The summed E-state index contributed by atoms with van der Waals surface area (Å²) in [7, 11) is 1.44. The molecule has 1 unspecified atom stereocenters. The van der Waals surface area contributed by atoms with Gasteiger partial charge in [-0.3, -0.25) is 9.59 Å². The van der Waals surface area contributed by atoms with Gasteiger partial charge in [-0.1, -0.05) is 23.7 Å². The van der Waals surface area contributed by atoms with Gasteiger partial charge in [0.15, 0.2) is 0 Å². The highest BCUT2D eigenvalue weighted by Crippen LogP contribution is 2.20. The molecule has 1 N–H and O–H groups in total. The Kier molecular flexibility index (Phi) is 7.31. The fraction of sp³-hybridized carbons (Fsp3) is 0.294. The van der Waals surface area contributed by atoms with E-state index < -0.39 is 17.9 Å². The Morgan fingerprint density at radius 2 is 2.00 bits per heavy atom. The van der Waals surface area contributed by atoms with Crippen LogP contribution in [0.25, 0.3) is 11.3 Å². The molecular formula is C17H17ClN4O4. The minimum atomic E-state index is -1.10. The number of benzene rings is 1. The van der Waals surface area contributed by atoms with E-state index in [-0.39, 0.29) is 13.0 Å². The summed E-state index contributed by atoms with van der Waals surface area (Å²) in [5, 5.41) is 5.38. The molecule has 0 saturated carbocycles. The summed E-state index contributed by atoms with van der Waals surface area (Å²) in [6.45, 7) is -0.331. The highest BCUT2D eigenvalue weighted by molar-refractivity contribution is 6.30. The molecule has 1 aromatic heterocycles. The van der Waals surface area contributed by atoms with Crippen LogP contribution in [-0.2, 0) is 20.7 Å². The van der Waals surface area contributed by atoms with Gasteiger partial charge in [0.2, 0.25) is 5.91 Å². The first-order valence-electron chi connectivity index (χ1n) is 7.79. The SMILES string of the molecule is CNC(=O)COC(CCc1cc(-c2ccc(Cl)cc2)ncn1)C(=O)N=O. The van der Waals surface area contributed by atoms with Gasteiger partial charge < -0.3 is 10.1 Å². The Hall–Kier alpha value is -2.71. The molecule has 9 heteroatoms. The van der Waals surface area contributed by atoms with E-state index in [0.717, 1.165) is 5.56 Å². The van der Waals surface area contributed by atoms with Gasteiger partial charge in [-0.2, -0.15) is 0 Å². The van der Waals surface area contributed by atoms with Gasteiger partial charge in [-0.05, 0) is 31.0 Å². The molecule has 1 aromatic carbocycles. The van der Waals surface area contributed by atoms with Crippen molar-refractivity contribution in [1.29, 1.82) is 0 Å². The third kappa shape index (κ3) is 5.68. The van der Waals surface area contributed by atoms with E-state index in [2.05, 4.69) is 20.5 Å². The lowest BCUT2D eigenvalue weighted by Gasteiger charge is -2.13. The molecule has 0 saturated heterocycles. The van der Waals surface area contributed by atoms with Crippen molar-refractivity contribution in [2.24, 2.45) is 5.18 Å². The molecule has 1 atom stereocenters. The van der Waals surface area contributed by atoms with Crippen LogP contribution < -0.4 is 5.32 Å². The second kappa shape index (κ2) is 9.69. The molecule has 0 fully saturated rings. The molecule has 0 spiro atoms. The lowest BCUT2D eigenvalue weighted by atomic mass is 10.1. The quantitative estimate of drug-likeness (QED) is 0.707. The van der Waals surface area contributed by atoms with Crippen LogP contribution in [0.3, 0.4) is 0 Å². The molecule has 26 heavy (non-hydrogen) atoms. The molecular weight excluding hydrogens is 360 g/mol. The van der Waals surface area contributed by atoms with Gasteiger partial charge in [0.05, 0.1) is 5.69 Å². The zero-order valence-electron chi connectivity index (χ0n) is 14.0. The molecule has 2 aromatic rings. The number of carbonyl (C=O) groups excluding carboxylic acids is 2. The summed E-state index contributed by atoms with van der Waals surface area (Å²) in [6.07, 6.45) is 0.833. The molecule has 2 rings (SSSR count). The van der Waals surface area contributed by atoms with Gasteiger partial charge >= 0.3 is 5.91 Å². The Balaban J connectivity index is 2.05. The molecule has 1 heterocycles. The first-order valence-corrected chi connectivity index (χ1v) is 8.17. The first kappa shape index (κ1) is 19.6. The Morgan fingerprint density at radius 1 is 1.27 bits per heavy atom. The monoisotopic (exact) mass is 376 g/mol. The number of nitroso groups, excluding NO2 is 1. The van der Waals surface area contributed by atoms with Crippen LogP contribution >= 0.6 is 11.6 Å². The first-order chi connectivity index (χ1) is 12.5. The van der Waals surface area contributed by atoms with E-state index >= 15 is 0 Å². The van der Waals surface area contributed by atoms with Crippen molar-refractivity contribution in [3.8, 4) is 11.3 Å². The average molecular weight is 377 g/mol. The zero-order chi connectivity index (χ0) is 18.9. The Morgan fingerprint density at radius 3 is 2.65 bits per heavy atom. The van der Waals surface area contributed by atoms with Crippen LogP contribution in [0.5, 0.6) is 0 Å². The lowest BCUT2D eigenvalue weighted by molar-refractivity contribution is -0.135. The number of ether oxygens (including phenoxy) is 1. The summed E-state index contributed by atoms with van der Waals surface area (Å²) in [6, 6.07) is 8.97. The van der Waals surface area contributed by atoms with Gasteiger partial charge in [0.1, 0.15) is 19.0 Å². The van der Waals surface area contributed by atoms with Crippen LogP contribution in [0.15, 0.2) is 41.8 Å². The predicted octanol–water partition coefficient (Wildman–Crippen LogP) is 2.15. The minimum Gasteiger partial charge on any atom is -0.358 e. The van der Waals surface area contributed by atoms with E-state index in [1.807, 2.05) is 12.1 Å². The number of nitrogens with one attached hydrogen (secondary N) is 1. The van der Waals surface area contributed by atoms with Crippen molar-refractivity contribution in [1.82, 2.24) is 15.3 Å². The van der Waals surface area contributed by atoms with Crippen LogP contribution in [0.1, 0.15) is 12.1 Å². The third-order valence-electron chi connectivity index (χ3n) is 3.59. The van der Waals surface area contributed by atoms with Gasteiger partial charge in [-0.15, -0.1) is 4.91 Å². The third-order valence-corrected chi connectivity index (χ3v) is 3.84. The Labute approximate surface area is 154 Å². The van der Waals surface area contributed by atoms with Crippen LogP contribution in [0.4, 0.5) is 0 Å². The molecule has 0 aliphatic carbocycles. The standard InChI is InChI=1S/C17H17ClN4O4/c1-19-16(23)9-26-15(17(24)22-25)7-6-13-8-14(21-10-20-13)11-2-4-12(18)5-3-11/h2-5,8,10,15H,6-7,9H2,1H3,(H,19,23). The maximum absolute atomic E-state index is 11.6. The van der Waals surface area contributed by atoms with Gasteiger partial charge in [-0.25, -0.2) is 9.97 Å². The zero-order valence-corrected chi connectivity index (χ0v) is 14.8. The summed E-state index contributed by atoms with van der Waals surface area (Å²) in [5.41, 5.74) is 2.24. The smallest absolute Gasteiger partial charge is 0.314 e. The summed E-state index contributed by atoms with van der Waals surface area (Å²) >= 11 is 5.88. The second-order valence-corrected chi connectivity index (χ2v) is 5.78. The number of hydrogen-bond donors (Lipinski definition) is 1. The topological polar surface area (TPSA) is 111 Å². The Bertz CT molecular complexity index is 783. The van der Waals surface area contributed by atoms with Gasteiger partial charge in [0.25, 0.3) is 0 Å². The maximum atomic E-state index is 11.6. The number of halogens is 1. The summed E-state index contributed by atoms with van der Waals surface area (Å²) in [5.74, 6) is -1.36. The highest BCUT2D eigenvalue weighted by atomic mass is 35.5. The molecule has 0 aliphatic heterocycles. The largest absolute Gasteiger partial charge is 0.358 e. The molecule has 136 valence electrons. The van der Waals surface area contributed by atoms with E-state index in [1.165, 1.54) is 13.4 Å². The highest BCUT2D eigenvalue weighted by Gasteiger charge is 2.21. The van der Waals surface area contributed by atoms with Crippen LogP contribution in [-0.4, -0.2) is 41.5 Å². The van der Waals surface area contributed by atoms with E-state index in [9.17, 15) is 14.5 Å². The van der Waals surface area contributed by atoms with Crippen LogP contribution in [0.2, 0.25) is 5.02 Å². The lowest BCUT2D eigenvalue weighted by Crippen LogP contribution is -2.30. The van der Waals surface area contributed by atoms with Gasteiger partial charge in [0, 0.05) is 28.5 Å². The number of rotatable bonds is 8. The number of likely N-dealkylation sites (N-methyl/N-ethyl adjacent to an activating group) is 1.